The molecule has 0 spiro atoms. The van der Waals surface area contributed by atoms with Crippen molar-refractivity contribution in [2.24, 2.45) is 11.3 Å². The highest BCUT2D eigenvalue weighted by Crippen LogP contribution is 2.57. The van der Waals surface area contributed by atoms with Gasteiger partial charge in [-0.15, -0.1) is 0 Å². The van der Waals surface area contributed by atoms with Crippen LogP contribution >= 0.6 is 0 Å². The van der Waals surface area contributed by atoms with Gasteiger partial charge in [-0.25, -0.2) is 9.59 Å². The van der Waals surface area contributed by atoms with E-state index >= 15 is 0 Å². The molecule has 2 aliphatic carbocycles. The number of carbonyl (C=O) groups is 2. The van der Waals surface area contributed by atoms with E-state index in [1.807, 2.05) is 4.98 Å². The minimum Gasteiger partial charge on any atom is -0.451 e. The summed E-state index contributed by atoms with van der Waals surface area (Å²) in [5.74, 6) is -0.388. The Balaban J connectivity index is 1.41. The molecule has 8 heteroatoms. The first kappa shape index (κ1) is 24.9. The van der Waals surface area contributed by atoms with Gasteiger partial charge >= 0.3 is 11.7 Å². The standard InChI is InChI=1S/C27H35N3O5/c1-16(2)17-6-8-19-18(12-17)7-9-21-26(3,10-5-11-27(19,21)4)15-28-23(32)14-35-24(33)20-13-22(31)30-25(34)29-20/h6,8,12-13,16,21H,5,7,9-11,14-15H2,1-4H3,(H,28,32)(H2,29,30,31,34). The molecule has 1 fully saturated rings. The van der Waals surface area contributed by atoms with Gasteiger partial charge in [0.15, 0.2) is 6.61 Å². The molecule has 1 amide bonds. The van der Waals surface area contributed by atoms with Crippen LogP contribution in [0.2, 0.25) is 0 Å². The van der Waals surface area contributed by atoms with Crippen LogP contribution in [0.15, 0.2) is 33.9 Å². The largest absolute Gasteiger partial charge is 0.451 e. The average Bonchev–Trinajstić information content (AvgIpc) is 2.80. The molecule has 0 aliphatic heterocycles. The van der Waals surface area contributed by atoms with Gasteiger partial charge in [0, 0.05) is 12.6 Å². The number of benzene rings is 1. The minimum absolute atomic E-state index is 0.0690. The lowest BCUT2D eigenvalue weighted by Crippen LogP contribution is -2.53. The van der Waals surface area contributed by atoms with Gasteiger partial charge in [0.05, 0.1) is 0 Å². The van der Waals surface area contributed by atoms with Gasteiger partial charge in [-0.05, 0) is 65.0 Å². The number of H-pyrrole nitrogens is 2. The number of aromatic amines is 2. The quantitative estimate of drug-likeness (QED) is 0.547. The summed E-state index contributed by atoms with van der Waals surface area (Å²) in [7, 11) is 0. The Morgan fingerprint density at radius 3 is 2.63 bits per heavy atom. The van der Waals surface area contributed by atoms with Crippen molar-refractivity contribution in [3.05, 3.63) is 67.5 Å². The smallest absolute Gasteiger partial charge is 0.355 e. The van der Waals surface area contributed by atoms with Crippen molar-refractivity contribution in [1.82, 2.24) is 15.3 Å². The molecule has 0 radical (unpaired) electrons. The lowest BCUT2D eigenvalue weighted by Gasteiger charge is -2.55. The van der Waals surface area contributed by atoms with Crippen LogP contribution in [0.25, 0.3) is 0 Å². The summed E-state index contributed by atoms with van der Waals surface area (Å²) < 4.78 is 5.00. The van der Waals surface area contributed by atoms with E-state index < -0.39 is 29.7 Å². The van der Waals surface area contributed by atoms with E-state index in [2.05, 4.69) is 56.2 Å². The van der Waals surface area contributed by atoms with E-state index in [0.717, 1.165) is 38.2 Å². The molecule has 2 aliphatic rings. The van der Waals surface area contributed by atoms with E-state index in [0.29, 0.717) is 18.4 Å². The van der Waals surface area contributed by atoms with Crippen molar-refractivity contribution in [3.8, 4) is 0 Å². The molecule has 1 heterocycles. The maximum atomic E-state index is 12.5. The Kier molecular flexibility index (Phi) is 6.75. The van der Waals surface area contributed by atoms with Gasteiger partial charge in [0.2, 0.25) is 0 Å². The van der Waals surface area contributed by atoms with Gasteiger partial charge in [-0.2, -0.15) is 0 Å². The number of fused-ring (bicyclic) bond motifs is 3. The maximum absolute atomic E-state index is 12.5. The van der Waals surface area contributed by atoms with Crippen molar-refractivity contribution < 1.29 is 14.3 Å². The number of nitrogens with one attached hydrogen (secondary N) is 3. The van der Waals surface area contributed by atoms with E-state index in [9.17, 15) is 19.2 Å². The van der Waals surface area contributed by atoms with Crippen molar-refractivity contribution in [1.29, 1.82) is 0 Å². The van der Waals surface area contributed by atoms with E-state index in [1.54, 1.807) is 0 Å². The van der Waals surface area contributed by atoms with Gasteiger partial charge < -0.3 is 15.0 Å². The van der Waals surface area contributed by atoms with Gasteiger partial charge in [0.25, 0.3) is 11.5 Å². The molecule has 3 unspecified atom stereocenters. The highest BCUT2D eigenvalue weighted by molar-refractivity contribution is 5.89. The van der Waals surface area contributed by atoms with Crippen molar-refractivity contribution >= 4 is 11.9 Å². The summed E-state index contributed by atoms with van der Waals surface area (Å²) in [5, 5.41) is 2.96. The molecule has 8 nitrogen and oxygen atoms in total. The summed E-state index contributed by atoms with van der Waals surface area (Å²) in [6.45, 7) is 9.12. The zero-order chi connectivity index (χ0) is 25.4. The molecule has 35 heavy (non-hydrogen) atoms. The topological polar surface area (TPSA) is 121 Å². The molecule has 4 rings (SSSR count). The Labute approximate surface area is 204 Å². The van der Waals surface area contributed by atoms with E-state index in [-0.39, 0.29) is 16.5 Å². The Morgan fingerprint density at radius 2 is 1.91 bits per heavy atom. The van der Waals surface area contributed by atoms with Crippen LogP contribution in [0, 0.1) is 11.3 Å². The molecule has 3 N–H and O–H groups in total. The fourth-order valence-corrected chi connectivity index (χ4v) is 6.35. The summed E-state index contributed by atoms with van der Waals surface area (Å²) in [5.41, 5.74) is 2.49. The van der Waals surface area contributed by atoms with Crippen LogP contribution in [-0.2, 0) is 21.4 Å². The highest BCUT2D eigenvalue weighted by Gasteiger charge is 2.51. The second-order valence-corrected chi connectivity index (χ2v) is 10.9. The number of carbonyl (C=O) groups excluding carboxylic acids is 2. The molecule has 0 saturated heterocycles. The molecule has 1 saturated carbocycles. The molecular formula is C27H35N3O5. The summed E-state index contributed by atoms with van der Waals surface area (Å²) in [6, 6.07) is 7.92. The summed E-state index contributed by atoms with van der Waals surface area (Å²) in [4.78, 5) is 51.5. The zero-order valence-electron chi connectivity index (χ0n) is 21.0. The number of esters is 1. The predicted molar refractivity (Wildman–Crippen MR) is 133 cm³/mol. The predicted octanol–water partition coefficient (Wildman–Crippen LogP) is 3.17. The zero-order valence-corrected chi connectivity index (χ0v) is 21.0. The SMILES string of the molecule is CC(C)c1ccc2c(c1)CCC1C(C)(CNC(=O)COC(=O)c3cc(=O)[nH]c(=O)[nH]3)CCCC21C. The first-order valence-electron chi connectivity index (χ1n) is 12.4. The lowest BCUT2D eigenvalue weighted by atomic mass is 9.49. The number of rotatable bonds is 6. The second kappa shape index (κ2) is 9.47. The molecule has 3 atom stereocenters. The van der Waals surface area contributed by atoms with Crippen LogP contribution in [-0.4, -0.2) is 35.0 Å². The molecular weight excluding hydrogens is 446 g/mol. The summed E-state index contributed by atoms with van der Waals surface area (Å²) in [6.07, 6.45) is 5.39. The molecule has 2 aromatic rings. The number of hydrogen-bond donors (Lipinski definition) is 3. The highest BCUT2D eigenvalue weighted by atomic mass is 16.5. The number of aromatic nitrogens is 2. The average molecular weight is 482 g/mol. The minimum atomic E-state index is -0.926. The normalized spacial score (nSPS) is 25.5. The van der Waals surface area contributed by atoms with Crippen LogP contribution < -0.4 is 16.6 Å². The number of aryl methyl sites for hydroxylation is 1. The first-order chi connectivity index (χ1) is 16.5. The monoisotopic (exact) mass is 481 g/mol. The number of ether oxygens (including phenoxy) is 1. The van der Waals surface area contributed by atoms with Crippen LogP contribution in [0.4, 0.5) is 0 Å². The Hall–Kier alpha value is -3.16. The maximum Gasteiger partial charge on any atom is 0.355 e. The second-order valence-electron chi connectivity index (χ2n) is 10.9. The van der Waals surface area contributed by atoms with Gasteiger partial charge in [-0.3, -0.25) is 14.6 Å². The van der Waals surface area contributed by atoms with Gasteiger partial charge in [-0.1, -0.05) is 52.3 Å². The molecule has 1 aromatic heterocycles. The molecule has 188 valence electrons. The third-order valence-electron chi connectivity index (χ3n) is 8.17. The molecule has 0 bridgehead atoms. The first-order valence-corrected chi connectivity index (χ1v) is 12.4. The number of amides is 1. The Bertz CT molecular complexity index is 1220. The fraction of sp³-hybridized carbons (Fsp3) is 0.556. The third kappa shape index (κ3) is 4.97. The van der Waals surface area contributed by atoms with Crippen molar-refractivity contribution in [2.75, 3.05) is 13.2 Å². The van der Waals surface area contributed by atoms with E-state index in [4.69, 9.17) is 4.74 Å². The van der Waals surface area contributed by atoms with Gasteiger partial charge in [0.1, 0.15) is 5.69 Å². The molecule has 1 aromatic carbocycles. The Morgan fingerprint density at radius 1 is 1.14 bits per heavy atom. The fourth-order valence-electron chi connectivity index (χ4n) is 6.35. The van der Waals surface area contributed by atoms with Crippen LogP contribution in [0.5, 0.6) is 0 Å². The third-order valence-corrected chi connectivity index (χ3v) is 8.17. The summed E-state index contributed by atoms with van der Waals surface area (Å²) >= 11 is 0. The van der Waals surface area contributed by atoms with Crippen LogP contribution in [0.1, 0.15) is 86.5 Å². The van der Waals surface area contributed by atoms with Crippen LogP contribution in [0.3, 0.4) is 0 Å². The lowest BCUT2D eigenvalue weighted by molar-refractivity contribution is -0.125. The van der Waals surface area contributed by atoms with Crippen molar-refractivity contribution in [2.45, 2.75) is 71.1 Å². The van der Waals surface area contributed by atoms with E-state index in [1.165, 1.54) is 16.7 Å². The number of hydrogen-bond acceptors (Lipinski definition) is 5. The van der Waals surface area contributed by atoms with Crippen molar-refractivity contribution in [3.63, 3.8) is 0 Å².